The van der Waals surface area contributed by atoms with Crippen LogP contribution in [0.25, 0.3) is 0 Å². The van der Waals surface area contributed by atoms with Crippen molar-refractivity contribution < 1.29 is 4.39 Å². The lowest BCUT2D eigenvalue weighted by atomic mass is 9.94. The van der Waals surface area contributed by atoms with Crippen LogP contribution in [0.15, 0.2) is 12.4 Å². The average Bonchev–Trinajstić information content (AvgIpc) is 2.28. The van der Waals surface area contributed by atoms with Gasteiger partial charge in [-0.05, 0) is 12.8 Å². The molecule has 0 saturated heterocycles. The lowest BCUT2D eigenvalue weighted by Crippen LogP contribution is -2.45. The van der Waals surface area contributed by atoms with E-state index in [1.54, 1.807) is 0 Å². The van der Waals surface area contributed by atoms with E-state index in [0.717, 1.165) is 25.2 Å². The number of hydrogen-bond acceptors (Lipinski definition) is 4. The third-order valence-electron chi connectivity index (χ3n) is 2.63. The van der Waals surface area contributed by atoms with Crippen LogP contribution in [-0.4, -0.2) is 22.1 Å². The second-order valence-corrected chi connectivity index (χ2v) is 3.65. The molecule has 0 aliphatic heterocycles. The summed E-state index contributed by atoms with van der Waals surface area (Å²) < 4.78 is 12.5. The van der Waals surface area contributed by atoms with Crippen LogP contribution in [0, 0.1) is 5.82 Å². The predicted octanol–water partition coefficient (Wildman–Crippen LogP) is 1.55. The van der Waals surface area contributed by atoms with Gasteiger partial charge in [0.15, 0.2) is 5.82 Å². The van der Waals surface area contributed by atoms with Crippen LogP contribution in [0.4, 0.5) is 10.3 Å². The molecular formula is C10H17FN4. The maximum atomic E-state index is 12.5. The second-order valence-electron chi connectivity index (χ2n) is 3.65. The minimum absolute atomic E-state index is 0.252. The van der Waals surface area contributed by atoms with Crippen LogP contribution in [0.2, 0.25) is 0 Å². The van der Waals surface area contributed by atoms with Gasteiger partial charge in [-0.15, -0.1) is 0 Å². The summed E-state index contributed by atoms with van der Waals surface area (Å²) in [7, 11) is 0. The monoisotopic (exact) mass is 212 g/mol. The standard InChI is InChI=1S/C10H17FN4/c1-3-10(12,4-2)7-15-9-13-5-8(11)6-14-9/h5-6H,3-4,7,12H2,1-2H3,(H,13,14,15). The zero-order valence-corrected chi connectivity index (χ0v) is 9.13. The van der Waals surface area contributed by atoms with Crippen molar-refractivity contribution in [2.75, 3.05) is 11.9 Å². The summed E-state index contributed by atoms with van der Waals surface area (Å²) in [5.74, 6) is -0.0290. The summed E-state index contributed by atoms with van der Waals surface area (Å²) in [6.45, 7) is 4.67. The van der Waals surface area contributed by atoms with Gasteiger partial charge in [-0.3, -0.25) is 0 Å². The molecule has 0 unspecified atom stereocenters. The normalized spacial score (nSPS) is 11.5. The number of nitrogens with zero attached hydrogens (tertiary/aromatic N) is 2. The lowest BCUT2D eigenvalue weighted by molar-refractivity contribution is 0.417. The van der Waals surface area contributed by atoms with Crippen LogP contribution in [0.3, 0.4) is 0 Å². The summed E-state index contributed by atoms with van der Waals surface area (Å²) in [6, 6.07) is 0. The van der Waals surface area contributed by atoms with Gasteiger partial charge in [0.25, 0.3) is 0 Å². The fourth-order valence-corrected chi connectivity index (χ4v) is 1.16. The molecule has 1 rings (SSSR count). The van der Waals surface area contributed by atoms with E-state index in [4.69, 9.17) is 5.73 Å². The number of anilines is 1. The van der Waals surface area contributed by atoms with E-state index >= 15 is 0 Å². The highest BCUT2D eigenvalue weighted by atomic mass is 19.1. The van der Waals surface area contributed by atoms with Gasteiger partial charge in [0.1, 0.15) is 0 Å². The maximum Gasteiger partial charge on any atom is 0.222 e. The van der Waals surface area contributed by atoms with Crippen LogP contribution < -0.4 is 11.1 Å². The van der Waals surface area contributed by atoms with Crippen LogP contribution in [-0.2, 0) is 0 Å². The van der Waals surface area contributed by atoms with Gasteiger partial charge >= 0.3 is 0 Å². The topological polar surface area (TPSA) is 63.8 Å². The molecule has 0 fully saturated rings. The Hall–Kier alpha value is -1.23. The molecule has 15 heavy (non-hydrogen) atoms. The second kappa shape index (κ2) is 5.02. The van der Waals surface area contributed by atoms with Gasteiger partial charge in [-0.1, -0.05) is 13.8 Å². The molecule has 0 aromatic carbocycles. The first-order valence-corrected chi connectivity index (χ1v) is 5.10. The molecule has 0 aliphatic rings. The number of aromatic nitrogens is 2. The van der Waals surface area contributed by atoms with E-state index in [-0.39, 0.29) is 5.54 Å². The number of rotatable bonds is 5. The summed E-state index contributed by atoms with van der Waals surface area (Å²) in [5.41, 5.74) is 5.83. The van der Waals surface area contributed by atoms with E-state index < -0.39 is 5.82 Å². The Morgan fingerprint density at radius 2 is 1.87 bits per heavy atom. The highest BCUT2D eigenvalue weighted by Crippen LogP contribution is 2.11. The van der Waals surface area contributed by atoms with Crippen molar-refractivity contribution in [3.63, 3.8) is 0 Å². The molecule has 1 aromatic rings. The highest BCUT2D eigenvalue weighted by Gasteiger charge is 2.19. The quantitative estimate of drug-likeness (QED) is 0.777. The SMILES string of the molecule is CCC(N)(CC)CNc1ncc(F)cn1. The lowest BCUT2D eigenvalue weighted by Gasteiger charge is -2.26. The molecule has 3 N–H and O–H groups in total. The van der Waals surface area contributed by atoms with Crippen molar-refractivity contribution in [2.24, 2.45) is 5.73 Å². The molecule has 1 aromatic heterocycles. The molecule has 0 radical (unpaired) electrons. The first-order valence-electron chi connectivity index (χ1n) is 5.10. The van der Waals surface area contributed by atoms with Crippen molar-refractivity contribution in [3.8, 4) is 0 Å². The van der Waals surface area contributed by atoms with E-state index in [9.17, 15) is 4.39 Å². The number of nitrogens with two attached hydrogens (primary N) is 1. The number of hydrogen-bond donors (Lipinski definition) is 2. The molecule has 5 heteroatoms. The molecule has 0 amide bonds. The van der Waals surface area contributed by atoms with Gasteiger partial charge in [0, 0.05) is 12.1 Å². The van der Waals surface area contributed by atoms with Gasteiger partial charge in [0.2, 0.25) is 5.95 Å². The van der Waals surface area contributed by atoms with Crippen molar-refractivity contribution in [1.82, 2.24) is 9.97 Å². The number of halogens is 1. The van der Waals surface area contributed by atoms with Crippen molar-refractivity contribution in [2.45, 2.75) is 32.2 Å². The molecule has 4 nitrogen and oxygen atoms in total. The van der Waals surface area contributed by atoms with Crippen molar-refractivity contribution in [1.29, 1.82) is 0 Å². The molecule has 0 atom stereocenters. The summed E-state index contributed by atoms with van der Waals surface area (Å²) in [5, 5.41) is 3.00. The van der Waals surface area contributed by atoms with Gasteiger partial charge in [-0.2, -0.15) is 0 Å². The summed E-state index contributed by atoms with van der Waals surface area (Å²) in [6.07, 6.45) is 4.01. The van der Waals surface area contributed by atoms with Crippen LogP contribution in [0.1, 0.15) is 26.7 Å². The third-order valence-corrected chi connectivity index (χ3v) is 2.63. The molecule has 0 saturated carbocycles. The molecule has 84 valence electrons. The summed E-state index contributed by atoms with van der Waals surface area (Å²) >= 11 is 0. The minimum atomic E-state index is -0.439. The Morgan fingerprint density at radius 3 is 2.33 bits per heavy atom. The first kappa shape index (κ1) is 11.8. The fourth-order valence-electron chi connectivity index (χ4n) is 1.16. The van der Waals surface area contributed by atoms with Crippen LogP contribution >= 0.6 is 0 Å². The zero-order chi connectivity index (χ0) is 11.3. The van der Waals surface area contributed by atoms with E-state index in [2.05, 4.69) is 15.3 Å². The summed E-state index contributed by atoms with van der Waals surface area (Å²) in [4.78, 5) is 7.59. The molecule has 0 bridgehead atoms. The van der Waals surface area contributed by atoms with Crippen LogP contribution in [0.5, 0.6) is 0 Å². The Bertz CT molecular complexity index is 295. The highest BCUT2D eigenvalue weighted by molar-refractivity contribution is 5.23. The zero-order valence-electron chi connectivity index (χ0n) is 9.13. The van der Waals surface area contributed by atoms with E-state index in [1.165, 1.54) is 0 Å². The van der Waals surface area contributed by atoms with Gasteiger partial charge < -0.3 is 11.1 Å². The fraction of sp³-hybridized carbons (Fsp3) is 0.600. The molecule has 0 aliphatic carbocycles. The molecule has 1 heterocycles. The Morgan fingerprint density at radius 1 is 1.33 bits per heavy atom. The predicted molar refractivity (Wildman–Crippen MR) is 58.0 cm³/mol. The number of nitrogens with one attached hydrogen (secondary N) is 1. The maximum absolute atomic E-state index is 12.5. The van der Waals surface area contributed by atoms with E-state index in [0.29, 0.717) is 12.5 Å². The Kier molecular flexibility index (Phi) is 3.96. The Labute approximate surface area is 89.1 Å². The van der Waals surface area contributed by atoms with E-state index in [1.807, 2.05) is 13.8 Å². The smallest absolute Gasteiger partial charge is 0.222 e. The van der Waals surface area contributed by atoms with Gasteiger partial charge in [-0.25, -0.2) is 14.4 Å². The third kappa shape index (κ3) is 3.43. The van der Waals surface area contributed by atoms with Crippen molar-refractivity contribution in [3.05, 3.63) is 18.2 Å². The largest absolute Gasteiger partial charge is 0.352 e. The minimum Gasteiger partial charge on any atom is -0.352 e. The van der Waals surface area contributed by atoms with Crippen molar-refractivity contribution >= 4 is 5.95 Å². The first-order chi connectivity index (χ1) is 7.09. The molecular weight excluding hydrogens is 195 g/mol. The average molecular weight is 212 g/mol. The Balaban J connectivity index is 2.53. The molecule has 0 spiro atoms. The van der Waals surface area contributed by atoms with Gasteiger partial charge in [0.05, 0.1) is 12.4 Å².